The van der Waals surface area contributed by atoms with E-state index in [2.05, 4.69) is 22.2 Å². The molecule has 2 N–H and O–H groups in total. The van der Waals surface area contributed by atoms with Crippen LogP contribution in [-0.4, -0.2) is 20.9 Å². The van der Waals surface area contributed by atoms with E-state index in [1.54, 1.807) is 31.2 Å². The lowest BCUT2D eigenvalue weighted by Crippen LogP contribution is -2.25. The lowest BCUT2D eigenvalue weighted by Gasteiger charge is -2.13. The summed E-state index contributed by atoms with van der Waals surface area (Å²) in [5.41, 5.74) is 3.47. The van der Waals surface area contributed by atoms with Gasteiger partial charge < -0.3 is 5.32 Å². The van der Waals surface area contributed by atoms with E-state index in [1.807, 2.05) is 37.3 Å². The first-order chi connectivity index (χ1) is 14.4. The van der Waals surface area contributed by atoms with Gasteiger partial charge in [-0.2, -0.15) is 0 Å². The largest absolute Gasteiger partial charge is 0.352 e. The highest BCUT2D eigenvalue weighted by Crippen LogP contribution is 2.22. The molecule has 30 heavy (non-hydrogen) atoms. The Morgan fingerprint density at radius 1 is 0.867 bits per heavy atom. The van der Waals surface area contributed by atoms with E-state index in [0.717, 1.165) is 18.4 Å². The van der Waals surface area contributed by atoms with E-state index >= 15 is 0 Å². The number of nitrogens with one attached hydrogen (secondary N) is 2. The van der Waals surface area contributed by atoms with Crippen molar-refractivity contribution in [3.8, 4) is 0 Å². The molecule has 3 rings (SSSR count). The zero-order chi connectivity index (χ0) is 21.6. The molecule has 0 aromatic heterocycles. The van der Waals surface area contributed by atoms with E-state index in [4.69, 9.17) is 0 Å². The van der Waals surface area contributed by atoms with E-state index in [1.165, 1.54) is 11.6 Å². The number of amides is 1. The maximum absolute atomic E-state index is 12.9. The average Bonchev–Trinajstić information content (AvgIpc) is 2.73. The third-order valence-corrected chi connectivity index (χ3v) is 6.41. The molecule has 0 fully saturated rings. The van der Waals surface area contributed by atoms with Gasteiger partial charge >= 0.3 is 0 Å². The van der Waals surface area contributed by atoms with Gasteiger partial charge in [0.1, 0.15) is 0 Å². The van der Waals surface area contributed by atoms with Crippen LogP contribution in [0.4, 0.5) is 5.69 Å². The van der Waals surface area contributed by atoms with Gasteiger partial charge in [0.15, 0.2) is 0 Å². The van der Waals surface area contributed by atoms with Crippen molar-refractivity contribution in [2.75, 3.05) is 11.3 Å². The summed E-state index contributed by atoms with van der Waals surface area (Å²) in [6, 6.07) is 22.0. The van der Waals surface area contributed by atoms with E-state index < -0.39 is 10.0 Å². The number of anilines is 1. The van der Waals surface area contributed by atoms with Crippen LogP contribution in [0.5, 0.6) is 0 Å². The zero-order valence-electron chi connectivity index (χ0n) is 17.2. The van der Waals surface area contributed by atoms with Crippen LogP contribution in [0, 0.1) is 13.8 Å². The van der Waals surface area contributed by atoms with E-state index in [9.17, 15) is 13.2 Å². The van der Waals surface area contributed by atoms with E-state index in [0.29, 0.717) is 23.4 Å². The number of benzene rings is 3. The normalized spacial score (nSPS) is 11.1. The number of hydrogen-bond donors (Lipinski definition) is 2. The second-order valence-electron chi connectivity index (χ2n) is 7.25. The predicted octanol–water partition coefficient (Wildman–Crippen LogP) is 4.47. The molecule has 0 bridgehead atoms. The molecule has 0 heterocycles. The smallest absolute Gasteiger partial charge is 0.262 e. The fourth-order valence-electron chi connectivity index (χ4n) is 3.16. The molecule has 5 nitrogen and oxygen atoms in total. The highest BCUT2D eigenvalue weighted by molar-refractivity contribution is 7.92. The number of sulfonamides is 1. The summed E-state index contributed by atoms with van der Waals surface area (Å²) in [5, 5.41) is 2.87. The first kappa shape index (κ1) is 21.6. The quantitative estimate of drug-likeness (QED) is 0.526. The van der Waals surface area contributed by atoms with Gasteiger partial charge in [0.05, 0.1) is 10.6 Å². The lowest BCUT2D eigenvalue weighted by molar-refractivity contribution is 0.0953. The van der Waals surface area contributed by atoms with Gasteiger partial charge in [0.2, 0.25) is 0 Å². The monoisotopic (exact) mass is 422 g/mol. The molecule has 3 aromatic rings. The molecule has 0 aliphatic rings. The number of hydrogen-bond acceptors (Lipinski definition) is 3. The van der Waals surface area contributed by atoms with E-state index in [-0.39, 0.29) is 10.8 Å². The molecule has 0 unspecified atom stereocenters. The molecule has 0 aliphatic carbocycles. The third kappa shape index (κ3) is 5.48. The first-order valence-electron chi connectivity index (χ1n) is 9.88. The van der Waals surface area contributed by atoms with Crippen molar-refractivity contribution < 1.29 is 13.2 Å². The number of para-hydroxylation sites is 1. The van der Waals surface area contributed by atoms with Crippen LogP contribution in [0.3, 0.4) is 0 Å². The molecule has 0 saturated heterocycles. The maximum Gasteiger partial charge on any atom is 0.262 e. The molecule has 1 amide bonds. The molecule has 0 atom stereocenters. The van der Waals surface area contributed by atoms with Gasteiger partial charge in [0, 0.05) is 12.1 Å². The van der Waals surface area contributed by atoms with Crippen molar-refractivity contribution >= 4 is 21.6 Å². The predicted molar refractivity (Wildman–Crippen MR) is 120 cm³/mol. The molecular formula is C24H26N2O3S. The Morgan fingerprint density at radius 2 is 1.57 bits per heavy atom. The Balaban J connectivity index is 1.68. The fraction of sp³-hybridized carbons (Fsp3) is 0.208. The number of rotatable bonds is 8. The standard InChI is InChI=1S/C24H26N2O3S/c1-18-9-6-7-13-22(18)26-30(28,29)23-17-21(15-14-19(23)2)24(27)25-16-8-12-20-10-4-3-5-11-20/h3-7,9-11,13-15,17,26H,8,12,16H2,1-2H3,(H,25,27). The van der Waals surface area contributed by atoms with Crippen molar-refractivity contribution in [1.29, 1.82) is 0 Å². The van der Waals surface area contributed by atoms with Crippen molar-refractivity contribution in [3.05, 3.63) is 95.1 Å². The number of carbonyl (C=O) groups is 1. The minimum atomic E-state index is -3.81. The minimum Gasteiger partial charge on any atom is -0.352 e. The molecule has 0 saturated carbocycles. The van der Waals surface area contributed by atoms with Gasteiger partial charge in [-0.25, -0.2) is 8.42 Å². The molecule has 0 aliphatic heterocycles. The SMILES string of the molecule is Cc1ccccc1NS(=O)(=O)c1cc(C(=O)NCCCc2ccccc2)ccc1C. The van der Waals surface area contributed by atoms with Gasteiger partial charge in [-0.15, -0.1) is 0 Å². The maximum atomic E-state index is 12.9. The van der Waals surface area contributed by atoms with Crippen LogP contribution in [-0.2, 0) is 16.4 Å². The highest BCUT2D eigenvalue weighted by atomic mass is 32.2. The third-order valence-electron chi connectivity index (χ3n) is 4.90. The lowest BCUT2D eigenvalue weighted by atomic mass is 10.1. The highest BCUT2D eigenvalue weighted by Gasteiger charge is 2.20. The minimum absolute atomic E-state index is 0.0997. The van der Waals surface area contributed by atoms with Gasteiger partial charge in [-0.1, -0.05) is 54.6 Å². The number of carbonyl (C=O) groups excluding carboxylic acids is 1. The Morgan fingerprint density at radius 3 is 2.30 bits per heavy atom. The van der Waals surface area contributed by atoms with Crippen LogP contribution < -0.4 is 10.0 Å². The Labute approximate surface area is 178 Å². The summed E-state index contributed by atoms with van der Waals surface area (Å²) in [6.45, 7) is 4.07. The second-order valence-corrected chi connectivity index (χ2v) is 8.90. The van der Waals surface area contributed by atoms with Crippen LogP contribution in [0.15, 0.2) is 77.7 Å². The van der Waals surface area contributed by atoms with Crippen LogP contribution >= 0.6 is 0 Å². The zero-order valence-corrected chi connectivity index (χ0v) is 18.0. The van der Waals surface area contributed by atoms with Crippen LogP contribution in [0.1, 0.15) is 33.5 Å². The average molecular weight is 423 g/mol. The van der Waals surface area contributed by atoms with Gasteiger partial charge in [0.25, 0.3) is 15.9 Å². The molecule has 6 heteroatoms. The van der Waals surface area contributed by atoms with Crippen molar-refractivity contribution in [3.63, 3.8) is 0 Å². The van der Waals surface area contributed by atoms with Gasteiger partial charge in [-0.3, -0.25) is 9.52 Å². The van der Waals surface area contributed by atoms with Crippen molar-refractivity contribution in [2.45, 2.75) is 31.6 Å². The van der Waals surface area contributed by atoms with Crippen molar-refractivity contribution in [2.24, 2.45) is 0 Å². The molecule has 0 spiro atoms. The molecule has 3 aromatic carbocycles. The first-order valence-corrected chi connectivity index (χ1v) is 11.4. The van der Waals surface area contributed by atoms with Crippen molar-refractivity contribution in [1.82, 2.24) is 5.32 Å². The Bertz CT molecular complexity index is 1130. The second kappa shape index (κ2) is 9.59. The fourth-order valence-corrected chi connectivity index (χ4v) is 4.56. The van der Waals surface area contributed by atoms with Gasteiger partial charge in [-0.05, 0) is 61.6 Å². The molecule has 156 valence electrons. The molecule has 0 radical (unpaired) electrons. The Kier molecular flexibility index (Phi) is 6.90. The number of aryl methyl sites for hydroxylation is 3. The summed E-state index contributed by atoms with van der Waals surface area (Å²) < 4.78 is 28.5. The summed E-state index contributed by atoms with van der Waals surface area (Å²) in [7, 11) is -3.81. The summed E-state index contributed by atoms with van der Waals surface area (Å²) in [4.78, 5) is 12.6. The topological polar surface area (TPSA) is 75.3 Å². The summed E-state index contributed by atoms with van der Waals surface area (Å²) in [6.07, 6.45) is 1.68. The van der Waals surface area contributed by atoms with Crippen LogP contribution in [0.2, 0.25) is 0 Å². The summed E-state index contributed by atoms with van der Waals surface area (Å²) >= 11 is 0. The Hall–Kier alpha value is -3.12. The summed E-state index contributed by atoms with van der Waals surface area (Å²) in [5.74, 6) is -0.282. The van der Waals surface area contributed by atoms with Crippen LogP contribution in [0.25, 0.3) is 0 Å². The molecular weight excluding hydrogens is 396 g/mol.